The summed E-state index contributed by atoms with van der Waals surface area (Å²) >= 11 is 0. The number of nitrogens with zero attached hydrogens (tertiary/aromatic N) is 3. The molecule has 0 radical (unpaired) electrons. The minimum absolute atomic E-state index is 0.106. The van der Waals surface area contributed by atoms with Crippen LogP contribution >= 0.6 is 0 Å². The predicted molar refractivity (Wildman–Crippen MR) is 91.4 cm³/mol. The summed E-state index contributed by atoms with van der Waals surface area (Å²) in [7, 11) is -3.25. The quantitative estimate of drug-likeness (QED) is 0.887. The molecule has 1 atom stereocenters. The van der Waals surface area contributed by atoms with Crippen LogP contribution in [0, 0.1) is 6.92 Å². The van der Waals surface area contributed by atoms with Crippen LogP contribution in [0.3, 0.4) is 0 Å². The van der Waals surface area contributed by atoms with Crippen LogP contribution in [-0.2, 0) is 10.0 Å². The van der Waals surface area contributed by atoms with Crippen LogP contribution in [-0.4, -0.2) is 54.4 Å². The Morgan fingerprint density at radius 3 is 2.62 bits per heavy atom. The maximum absolute atomic E-state index is 12.7. The summed E-state index contributed by atoms with van der Waals surface area (Å²) in [6, 6.07) is 2.05. The number of hydrogen-bond donors (Lipinski definition) is 1. The zero-order chi connectivity index (χ0) is 17.3. The molecule has 2 aliphatic rings. The Hall–Kier alpha value is -1.41. The van der Waals surface area contributed by atoms with Gasteiger partial charge in [0, 0.05) is 24.8 Å². The molecule has 1 amide bonds. The van der Waals surface area contributed by atoms with Crippen molar-refractivity contribution in [3.05, 3.63) is 17.5 Å². The minimum Gasteiger partial charge on any atom is -0.336 e. The predicted octanol–water partition coefficient (Wildman–Crippen LogP) is 1.46. The van der Waals surface area contributed by atoms with Gasteiger partial charge in [0.25, 0.3) is 5.91 Å². The normalized spacial score (nSPS) is 22.9. The van der Waals surface area contributed by atoms with Crippen LogP contribution in [0.4, 0.5) is 0 Å². The molecule has 1 aliphatic carbocycles. The zero-order valence-corrected chi connectivity index (χ0v) is 15.2. The van der Waals surface area contributed by atoms with Crippen molar-refractivity contribution >= 4 is 15.9 Å². The molecule has 8 heteroatoms. The minimum atomic E-state index is -3.25. The third-order valence-corrected chi connectivity index (χ3v) is 5.68. The molecule has 134 valence electrons. The molecule has 2 fully saturated rings. The van der Waals surface area contributed by atoms with E-state index in [2.05, 4.69) is 9.82 Å². The van der Waals surface area contributed by atoms with Gasteiger partial charge in [-0.2, -0.15) is 5.10 Å². The van der Waals surface area contributed by atoms with E-state index in [9.17, 15) is 13.2 Å². The van der Waals surface area contributed by atoms with Crippen molar-refractivity contribution in [1.82, 2.24) is 19.4 Å². The number of aromatic nitrogens is 2. The van der Waals surface area contributed by atoms with Gasteiger partial charge in [-0.05, 0) is 32.3 Å². The lowest BCUT2D eigenvalue weighted by Gasteiger charge is -2.23. The molecule has 1 saturated heterocycles. The Labute approximate surface area is 143 Å². The van der Waals surface area contributed by atoms with Crippen molar-refractivity contribution in [2.45, 2.75) is 57.5 Å². The van der Waals surface area contributed by atoms with E-state index in [0.29, 0.717) is 31.2 Å². The van der Waals surface area contributed by atoms with Crippen LogP contribution < -0.4 is 4.72 Å². The van der Waals surface area contributed by atoms with Gasteiger partial charge in [-0.15, -0.1) is 0 Å². The van der Waals surface area contributed by atoms with Crippen molar-refractivity contribution < 1.29 is 13.2 Å². The SMILES string of the molecule is Cc1cc(C(=O)N2CCC(NS(C)(=O)=O)C2)nn1C1CCCCC1. The fourth-order valence-electron chi connectivity index (χ4n) is 3.79. The van der Waals surface area contributed by atoms with Gasteiger partial charge in [-0.3, -0.25) is 9.48 Å². The van der Waals surface area contributed by atoms with E-state index in [-0.39, 0.29) is 11.9 Å². The molecule has 1 aliphatic heterocycles. The number of carbonyl (C=O) groups excluding carboxylic acids is 1. The summed E-state index contributed by atoms with van der Waals surface area (Å²) < 4.78 is 27.2. The second-order valence-corrected chi connectivity index (χ2v) is 8.81. The van der Waals surface area contributed by atoms with Crippen LogP contribution in [0.1, 0.15) is 60.7 Å². The first-order valence-electron chi connectivity index (χ1n) is 8.66. The number of sulfonamides is 1. The average Bonchev–Trinajstić information content (AvgIpc) is 3.12. The highest BCUT2D eigenvalue weighted by molar-refractivity contribution is 7.88. The van der Waals surface area contributed by atoms with Gasteiger partial charge in [0.15, 0.2) is 5.69 Å². The standard InChI is InChI=1S/C16H26N4O3S/c1-12-10-15(17-20(12)14-6-4-3-5-7-14)16(21)19-9-8-13(11-19)18-24(2,22)23/h10,13-14,18H,3-9,11H2,1-2H3. The van der Waals surface area contributed by atoms with E-state index in [0.717, 1.165) is 24.8 Å². The second-order valence-electron chi connectivity index (χ2n) is 7.03. The first-order chi connectivity index (χ1) is 11.3. The van der Waals surface area contributed by atoms with Gasteiger partial charge in [0.05, 0.1) is 12.3 Å². The Morgan fingerprint density at radius 1 is 1.25 bits per heavy atom. The molecule has 1 unspecified atom stereocenters. The van der Waals surface area contributed by atoms with Gasteiger partial charge in [0.2, 0.25) is 10.0 Å². The third-order valence-electron chi connectivity index (χ3n) is 4.92. The largest absolute Gasteiger partial charge is 0.336 e. The molecule has 0 bridgehead atoms. The summed E-state index contributed by atoms with van der Waals surface area (Å²) in [5, 5.41) is 4.56. The smallest absolute Gasteiger partial charge is 0.274 e. The Balaban J connectivity index is 1.67. The lowest BCUT2D eigenvalue weighted by molar-refractivity contribution is 0.0782. The van der Waals surface area contributed by atoms with Crippen molar-refractivity contribution in [3.8, 4) is 0 Å². The first kappa shape index (κ1) is 17.4. The third kappa shape index (κ3) is 3.97. The number of nitrogens with one attached hydrogen (secondary N) is 1. The van der Waals surface area contributed by atoms with Crippen LogP contribution in [0.25, 0.3) is 0 Å². The molecule has 1 saturated carbocycles. The monoisotopic (exact) mass is 354 g/mol. The van der Waals surface area contributed by atoms with Crippen LogP contribution in [0.5, 0.6) is 0 Å². The Morgan fingerprint density at radius 2 is 1.96 bits per heavy atom. The zero-order valence-electron chi connectivity index (χ0n) is 14.4. The molecule has 24 heavy (non-hydrogen) atoms. The maximum Gasteiger partial charge on any atom is 0.274 e. The number of carbonyl (C=O) groups is 1. The molecule has 1 aromatic heterocycles. The van der Waals surface area contributed by atoms with Crippen molar-refractivity contribution in [2.24, 2.45) is 0 Å². The van der Waals surface area contributed by atoms with Crippen molar-refractivity contribution in [3.63, 3.8) is 0 Å². The van der Waals surface area contributed by atoms with Crippen LogP contribution in [0.15, 0.2) is 6.07 Å². The molecule has 2 heterocycles. The molecule has 7 nitrogen and oxygen atoms in total. The first-order valence-corrected chi connectivity index (χ1v) is 10.6. The lowest BCUT2D eigenvalue weighted by Crippen LogP contribution is -2.38. The van der Waals surface area contributed by atoms with E-state index < -0.39 is 10.0 Å². The van der Waals surface area contributed by atoms with Crippen molar-refractivity contribution in [1.29, 1.82) is 0 Å². The van der Waals surface area contributed by atoms with E-state index in [4.69, 9.17) is 0 Å². The summed E-state index contributed by atoms with van der Waals surface area (Å²) in [6.07, 6.45) is 7.76. The fourth-order valence-corrected chi connectivity index (χ4v) is 4.59. The number of rotatable bonds is 4. The summed E-state index contributed by atoms with van der Waals surface area (Å²) in [5.41, 5.74) is 1.49. The molecular weight excluding hydrogens is 328 g/mol. The van der Waals surface area contributed by atoms with Gasteiger partial charge in [-0.1, -0.05) is 19.3 Å². The summed E-state index contributed by atoms with van der Waals surface area (Å²) in [6.45, 7) is 2.96. The lowest BCUT2D eigenvalue weighted by atomic mass is 9.95. The summed E-state index contributed by atoms with van der Waals surface area (Å²) in [5.74, 6) is -0.106. The average molecular weight is 354 g/mol. The number of amides is 1. The van der Waals surface area contributed by atoms with Crippen LogP contribution in [0.2, 0.25) is 0 Å². The molecule has 0 spiro atoms. The fraction of sp³-hybridized carbons (Fsp3) is 0.750. The van der Waals surface area contributed by atoms with E-state index >= 15 is 0 Å². The molecule has 1 aromatic rings. The van der Waals surface area contributed by atoms with E-state index in [1.54, 1.807) is 4.90 Å². The molecule has 1 N–H and O–H groups in total. The van der Waals surface area contributed by atoms with Crippen molar-refractivity contribution in [2.75, 3.05) is 19.3 Å². The number of likely N-dealkylation sites (tertiary alicyclic amines) is 1. The highest BCUT2D eigenvalue weighted by Crippen LogP contribution is 2.29. The summed E-state index contributed by atoms with van der Waals surface area (Å²) in [4.78, 5) is 14.4. The highest BCUT2D eigenvalue weighted by atomic mass is 32.2. The Bertz CT molecular complexity index is 707. The van der Waals surface area contributed by atoms with Gasteiger partial charge < -0.3 is 4.90 Å². The van der Waals surface area contributed by atoms with Gasteiger partial charge in [-0.25, -0.2) is 13.1 Å². The Kier molecular flexibility index (Phi) is 4.96. The highest BCUT2D eigenvalue weighted by Gasteiger charge is 2.30. The second kappa shape index (κ2) is 6.84. The number of hydrogen-bond acceptors (Lipinski definition) is 4. The van der Waals surface area contributed by atoms with Gasteiger partial charge in [0.1, 0.15) is 0 Å². The van der Waals surface area contributed by atoms with Gasteiger partial charge >= 0.3 is 0 Å². The molecular formula is C16H26N4O3S. The van der Waals surface area contributed by atoms with E-state index in [1.165, 1.54) is 19.3 Å². The topological polar surface area (TPSA) is 84.3 Å². The van der Waals surface area contributed by atoms with E-state index in [1.807, 2.05) is 17.7 Å². The molecule has 0 aromatic carbocycles. The molecule has 3 rings (SSSR count). The number of aryl methyl sites for hydroxylation is 1. The maximum atomic E-state index is 12.7.